The highest BCUT2D eigenvalue weighted by Crippen LogP contribution is 2.33. The van der Waals surface area contributed by atoms with Gasteiger partial charge in [0.25, 0.3) is 0 Å². The molecule has 0 amide bonds. The molecule has 0 aliphatic carbocycles. The summed E-state index contributed by atoms with van der Waals surface area (Å²) in [5.74, 6) is 0. The van der Waals surface area contributed by atoms with E-state index < -0.39 is 0 Å². The molecule has 0 fully saturated rings. The fraction of sp³-hybridized carbons (Fsp3) is 0.222. The molecular weight excluding hydrogens is 306 g/mol. The van der Waals surface area contributed by atoms with Crippen LogP contribution in [0.15, 0.2) is 25.6 Å². The lowest BCUT2D eigenvalue weighted by atomic mass is 10.3. The smallest absolute Gasteiger partial charge is 0.343 e. The number of rotatable bonds is 2. The Balaban J connectivity index is 2.40. The predicted octanol–water partition coefficient (Wildman–Crippen LogP) is 1.31. The van der Waals surface area contributed by atoms with Crippen molar-refractivity contribution in [1.82, 2.24) is 19.7 Å². The zero-order valence-electron chi connectivity index (χ0n) is 9.19. The van der Waals surface area contributed by atoms with Crippen molar-refractivity contribution in [3.8, 4) is 0 Å². The van der Waals surface area contributed by atoms with Gasteiger partial charge < -0.3 is 5.73 Å². The van der Waals surface area contributed by atoms with Gasteiger partial charge in [0.1, 0.15) is 5.03 Å². The molecule has 2 aromatic heterocycles. The van der Waals surface area contributed by atoms with Crippen molar-refractivity contribution in [2.75, 3.05) is 5.73 Å². The molecule has 0 spiro atoms. The lowest BCUT2D eigenvalue weighted by molar-refractivity contribution is 0.764. The summed E-state index contributed by atoms with van der Waals surface area (Å²) in [7, 11) is 1.65. The number of H-pyrrole nitrogens is 1. The predicted molar refractivity (Wildman–Crippen MR) is 69.0 cm³/mol. The second-order valence-electron chi connectivity index (χ2n) is 3.43. The molecular formula is C9H10BrN5OS. The average molecular weight is 316 g/mol. The Kier molecular flexibility index (Phi) is 3.25. The van der Waals surface area contributed by atoms with E-state index in [1.54, 1.807) is 13.2 Å². The molecule has 6 nitrogen and oxygen atoms in total. The molecule has 0 bridgehead atoms. The summed E-state index contributed by atoms with van der Waals surface area (Å²) in [5.41, 5.74) is 7.03. The van der Waals surface area contributed by atoms with Gasteiger partial charge in [0.15, 0.2) is 5.16 Å². The average Bonchev–Trinajstić information content (AvgIpc) is 2.62. The Morgan fingerprint density at radius 3 is 2.88 bits per heavy atom. The summed E-state index contributed by atoms with van der Waals surface area (Å²) in [6, 6.07) is 0. The number of nitrogens with zero attached hydrogens (tertiary/aromatic N) is 3. The third-order valence-corrected chi connectivity index (χ3v) is 4.58. The highest BCUT2D eigenvalue weighted by Gasteiger charge is 2.12. The fourth-order valence-electron chi connectivity index (χ4n) is 1.15. The van der Waals surface area contributed by atoms with E-state index >= 15 is 0 Å². The van der Waals surface area contributed by atoms with E-state index in [0.29, 0.717) is 10.8 Å². The fourth-order valence-corrected chi connectivity index (χ4v) is 2.56. The van der Waals surface area contributed by atoms with Crippen molar-refractivity contribution in [3.05, 3.63) is 26.7 Å². The van der Waals surface area contributed by atoms with Crippen LogP contribution < -0.4 is 11.4 Å². The minimum atomic E-state index is -0.254. The number of hydrogen-bond donors (Lipinski definition) is 2. The molecule has 0 aliphatic heterocycles. The van der Waals surface area contributed by atoms with Crippen LogP contribution in [0.3, 0.4) is 0 Å². The maximum atomic E-state index is 11.2. The molecule has 0 aromatic carbocycles. The molecule has 0 saturated carbocycles. The van der Waals surface area contributed by atoms with Crippen molar-refractivity contribution in [3.63, 3.8) is 0 Å². The monoisotopic (exact) mass is 315 g/mol. The Morgan fingerprint density at radius 2 is 2.29 bits per heavy atom. The van der Waals surface area contributed by atoms with E-state index in [2.05, 4.69) is 31.1 Å². The SMILES string of the molecule is Cc1c(N)cnc(Sc2n[nH]c(=O)n2C)c1Br. The number of anilines is 1. The van der Waals surface area contributed by atoms with Crippen molar-refractivity contribution in [2.45, 2.75) is 17.1 Å². The number of halogens is 1. The lowest BCUT2D eigenvalue weighted by Gasteiger charge is -2.07. The van der Waals surface area contributed by atoms with Crippen molar-refractivity contribution in [2.24, 2.45) is 7.05 Å². The Labute approximate surface area is 110 Å². The number of nitrogens with two attached hydrogens (primary N) is 1. The second kappa shape index (κ2) is 4.53. The van der Waals surface area contributed by atoms with Crippen LogP contribution in [0.5, 0.6) is 0 Å². The van der Waals surface area contributed by atoms with Gasteiger partial charge in [-0.25, -0.2) is 14.9 Å². The highest BCUT2D eigenvalue weighted by molar-refractivity contribution is 9.10. The Bertz CT molecular complexity index is 620. The summed E-state index contributed by atoms with van der Waals surface area (Å²) < 4.78 is 2.24. The van der Waals surface area contributed by atoms with E-state index in [4.69, 9.17) is 5.73 Å². The summed E-state index contributed by atoms with van der Waals surface area (Å²) in [6.45, 7) is 1.90. The molecule has 0 atom stereocenters. The van der Waals surface area contributed by atoms with Gasteiger partial charge in [-0.1, -0.05) is 0 Å². The standard InChI is InChI=1S/C9H10BrN5OS/c1-4-5(11)3-12-7(6(4)10)17-9-14-13-8(16)15(9)2/h3H,11H2,1-2H3,(H,13,16). The van der Waals surface area contributed by atoms with Crippen LogP contribution in [0, 0.1) is 6.92 Å². The first-order valence-corrected chi connectivity index (χ1v) is 6.31. The van der Waals surface area contributed by atoms with E-state index in [1.807, 2.05) is 6.92 Å². The third-order valence-electron chi connectivity index (χ3n) is 2.30. The van der Waals surface area contributed by atoms with Gasteiger partial charge in [-0.05, 0) is 40.2 Å². The maximum absolute atomic E-state index is 11.2. The van der Waals surface area contributed by atoms with Crippen LogP contribution in [0.25, 0.3) is 0 Å². The van der Waals surface area contributed by atoms with Crippen LogP contribution in [0.1, 0.15) is 5.56 Å². The first kappa shape index (κ1) is 12.2. The minimum Gasteiger partial charge on any atom is -0.397 e. The van der Waals surface area contributed by atoms with Gasteiger partial charge >= 0.3 is 5.69 Å². The second-order valence-corrected chi connectivity index (χ2v) is 5.18. The molecule has 3 N–H and O–H groups in total. The zero-order valence-corrected chi connectivity index (χ0v) is 11.6. The van der Waals surface area contributed by atoms with Crippen molar-refractivity contribution < 1.29 is 0 Å². The molecule has 0 unspecified atom stereocenters. The molecule has 0 saturated heterocycles. The largest absolute Gasteiger partial charge is 0.397 e. The van der Waals surface area contributed by atoms with Crippen LogP contribution in [0.2, 0.25) is 0 Å². The van der Waals surface area contributed by atoms with Gasteiger partial charge in [0.05, 0.1) is 16.4 Å². The van der Waals surface area contributed by atoms with E-state index in [1.165, 1.54) is 16.3 Å². The summed E-state index contributed by atoms with van der Waals surface area (Å²) in [4.78, 5) is 15.4. The van der Waals surface area contributed by atoms with E-state index in [0.717, 1.165) is 15.1 Å². The van der Waals surface area contributed by atoms with Gasteiger partial charge in [0, 0.05) is 7.05 Å². The number of pyridine rings is 1. The molecule has 2 aromatic rings. The maximum Gasteiger partial charge on any atom is 0.343 e. The number of hydrogen-bond acceptors (Lipinski definition) is 5. The molecule has 0 radical (unpaired) electrons. The van der Waals surface area contributed by atoms with Crippen LogP contribution in [-0.4, -0.2) is 19.7 Å². The highest BCUT2D eigenvalue weighted by atomic mass is 79.9. The first-order valence-electron chi connectivity index (χ1n) is 4.70. The number of aromatic nitrogens is 4. The molecule has 17 heavy (non-hydrogen) atoms. The third kappa shape index (κ3) is 2.22. The first-order chi connectivity index (χ1) is 8.00. The lowest BCUT2D eigenvalue weighted by Crippen LogP contribution is -2.12. The summed E-state index contributed by atoms with van der Waals surface area (Å²) >= 11 is 4.72. The normalized spacial score (nSPS) is 10.8. The number of aromatic amines is 1. The van der Waals surface area contributed by atoms with Crippen LogP contribution in [-0.2, 0) is 7.05 Å². The molecule has 8 heteroatoms. The quantitative estimate of drug-likeness (QED) is 0.872. The summed E-state index contributed by atoms with van der Waals surface area (Å²) in [6.07, 6.45) is 1.59. The van der Waals surface area contributed by atoms with Crippen molar-refractivity contribution in [1.29, 1.82) is 0 Å². The van der Waals surface area contributed by atoms with E-state index in [-0.39, 0.29) is 5.69 Å². The molecule has 2 heterocycles. The Hall–Kier alpha value is -1.28. The Morgan fingerprint density at radius 1 is 1.59 bits per heavy atom. The van der Waals surface area contributed by atoms with Crippen LogP contribution in [0.4, 0.5) is 5.69 Å². The molecule has 90 valence electrons. The van der Waals surface area contributed by atoms with Gasteiger partial charge in [-0.3, -0.25) is 4.57 Å². The molecule has 2 rings (SSSR count). The van der Waals surface area contributed by atoms with E-state index in [9.17, 15) is 4.79 Å². The van der Waals surface area contributed by atoms with Gasteiger partial charge in [-0.2, -0.15) is 0 Å². The zero-order chi connectivity index (χ0) is 12.6. The minimum absolute atomic E-state index is 0.254. The van der Waals surface area contributed by atoms with Crippen molar-refractivity contribution >= 4 is 33.4 Å². The summed E-state index contributed by atoms with van der Waals surface area (Å²) in [5, 5.41) is 7.54. The number of nitrogens with one attached hydrogen (secondary N) is 1. The number of nitrogen functional groups attached to an aromatic ring is 1. The van der Waals surface area contributed by atoms with Gasteiger partial charge in [-0.15, -0.1) is 5.10 Å². The topological polar surface area (TPSA) is 89.6 Å². The van der Waals surface area contributed by atoms with Crippen LogP contribution >= 0.6 is 27.7 Å². The van der Waals surface area contributed by atoms with Gasteiger partial charge in [0.2, 0.25) is 0 Å². The molecule has 0 aliphatic rings.